The van der Waals surface area contributed by atoms with E-state index in [-0.39, 0.29) is 24.8 Å². The van der Waals surface area contributed by atoms with Crippen molar-refractivity contribution in [2.45, 2.75) is 64.8 Å². The molecule has 3 rings (SSSR count). The molecule has 2 heterocycles. The monoisotopic (exact) mass is 407 g/mol. The minimum atomic E-state index is 0. The van der Waals surface area contributed by atoms with Gasteiger partial charge in [-0.1, -0.05) is 13.8 Å². The van der Waals surface area contributed by atoms with Crippen LogP contribution in [0.3, 0.4) is 0 Å². The molecule has 3 aliphatic rings. The summed E-state index contributed by atoms with van der Waals surface area (Å²) in [6.07, 6.45) is 8.73. The molecule has 1 atom stereocenters. The Morgan fingerprint density at radius 2 is 1.54 bits per heavy atom. The van der Waals surface area contributed by atoms with Gasteiger partial charge >= 0.3 is 0 Å². The van der Waals surface area contributed by atoms with Crippen molar-refractivity contribution in [3.05, 3.63) is 0 Å². The average molecular weight is 408 g/mol. The smallest absolute Gasteiger partial charge is 0.222 e. The number of nitrogens with one attached hydrogen (secondary N) is 1. The van der Waals surface area contributed by atoms with Gasteiger partial charge in [-0.05, 0) is 69.4 Å². The maximum atomic E-state index is 12.7. The zero-order chi connectivity index (χ0) is 16.9. The van der Waals surface area contributed by atoms with Gasteiger partial charge < -0.3 is 10.2 Å². The first-order valence-corrected chi connectivity index (χ1v) is 10.4. The van der Waals surface area contributed by atoms with Gasteiger partial charge in [-0.25, -0.2) is 0 Å². The molecule has 2 saturated heterocycles. The lowest BCUT2D eigenvalue weighted by Gasteiger charge is -2.42. The molecule has 0 aromatic heterocycles. The molecule has 1 amide bonds. The summed E-state index contributed by atoms with van der Waals surface area (Å²) >= 11 is 0. The molecule has 1 saturated carbocycles. The largest absolute Gasteiger partial charge is 0.340 e. The second kappa shape index (κ2) is 11.7. The quantitative estimate of drug-likeness (QED) is 0.773. The summed E-state index contributed by atoms with van der Waals surface area (Å²) in [6, 6.07) is 0.784. The third-order valence-electron chi connectivity index (χ3n) is 6.85. The summed E-state index contributed by atoms with van der Waals surface area (Å²) in [5.41, 5.74) is 0. The van der Waals surface area contributed by atoms with Gasteiger partial charge in [-0.15, -0.1) is 24.8 Å². The minimum Gasteiger partial charge on any atom is -0.340 e. The highest BCUT2D eigenvalue weighted by molar-refractivity contribution is 5.85. The van der Waals surface area contributed by atoms with E-state index in [0.29, 0.717) is 11.8 Å². The molecule has 0 radical (unpaired) electrons. The second-order valence-corrected chi connectivity index (χ2v) is 8.60. The summed E-state index contributed by atoms with van der Waals surface area (Å²) in [4.78, 5) is 17.5. The van der Waals surface area contributed by atoms with Gasteiger partial charge in [0.25, 0.3) is 0 Å². The number of halogens is 2. The van der Waals surface area contributed by atoms with Gasteiger partial charge in [0.1, 0.15) is 0 Å². The molecular weight excluding hydrogens is 369 g/mol. The molecule has 4 nitrogen and oxygen atoms in total. The lowest BCUT2D eigenvalue weighted by Crippen LogP contribution is -2.52. The van der Waals surface area contributed by atoms with Crippen molar-refractivity contribution in [2.24, 2.45) is 17.8 Å². The third-order valence-corrected chi connectivity index (χ3v) is 6.85. The number of nitrogens with zero attached hydrogens (tertiary/aromatic N) is 2. The molecule has 0 aromatic rings. The topological polar surface area (TPSA) is 35.6 Å². The van der Waals surface area contributed by atoms with Crippen molar-refractivity contribution in [1.29, 1.82) is 0 Å². The van der Waals surface area contributed by atoms with E-state index in [1.807, 2.05) is 0 Å². The summed E-state index contributed by atoms with van der Waals surface area (Å²) in [6.45, 7) is 11.0. The normalized spacial score (nSPS) is 29.4. The first-order chi connectivity index (χ1) is 11.6. The molecule has 3 fully saturated rings. The number of rotatable bonds is 4. The van der Waals surface area contributed by atoms with Crippen LogP contribution in [-0.2, 0) is 4.79 Å². The lowest BCUT2D eigenvalue weighted by molar-refractivity contribution is -0.134. The Morgan fingerprint density at radius 1 is 0.962 bits per heavy atom. The van der Waals surface area contributed by atoms with E-state index >= 15 is 0 Å². The van der Waals surface area contributed by atoms with E-state index in [4.69, 9.17) is 0 Å². The Hall–Kier alpha value is -0.0300. The van der Waals surface area contributed by atoms with Crippen molar-refractivity contribution in [1.82, 2.24) is 15.1 Å². The van der Waals surface area contributed by atoms with Crippen molar-refractivity contribution in [3.8, 4) is 0 Å². The summed E-state index contributed by atoms with van der Waals surface area (Å²) in [7, 11) is 0. The number of amides is 1. The van der Waals surface area contributed by atoms with Gasteiger partial charge in [0.2, 0.25) is 5.91 Å². The number of carbonyl (C=O) groups is 1. The Morgan fingerprint density at radius 3 is 2.12 bits per heavy atom. The number of piperidine rings is 1. The van der Waals surface area contributed by atoms with Crippen molar-refractivity contribution in [3.63, 3.8) is 0 Å². The molecule has 154 valence electrons. The molecule has 0 bridgehead atoms. The third kappa shape index (κ3) is 6.54. The summed E-state index contributed by atoms with van der Waals surface area (Å²) < 4.78 is 0. The van der Waals surface area contributed by atoms with Crippen LogP contribution in [0.1, 0.15) is 58.8 Å². The van der Waals surface area contributed by atoms with Crippen LogP contribution in [0, 0.1) is 17.8 Å². The van der Waals surface area contributed by atoms with Gasteiger partial charge in [-0.2, -0.15) is 0 Å². The molecule has 1 unspecified atom stereocenters. The molecule has 1 N–H and O–H groups in total. The zero-order valence-corrected chi connectivity index (χ0v) is 18.3. The van der Waals surface area contributed by atoms with E-state index in [1.54, 1.807) is 0 Å². The van der Waals surface area contributed by atoms with Crippen molar-refractivity contribution >= 4 is 30.7 Å². The summed E-state index contributed by atoms with van der Waals surface area (Å²) in [5.74, 6) is 2.59. The van der Waals surface area contributed by atoms with Gasteiger partial charge in [-0.3, -0.25) is 9.69 Å². The molecule has 1 aliphatic carbocycles. The molecule has 0 spiro atoms. The van der Waals surface area contributed by atoms with Crippen LogP contribution in [0.15, 0.2) is 0 Å². The van der Waals surface area contributed by atoms with Gasteiger partial charge in [0.15, 0.2) is 0 Å². The first kappa shape index (κ1) is 24.0. The van der Waals surface area contributed by atoms with Crippen LogP contribution in [0.5, 0.6) is 0 Å². The maximum absolute atomic E-state index is 12.7. The molecule has 6 heteroatoms. The van der Waals surface area contributed by atoms with Crippen LogP contribution < -0.4 is 5.32 Å². The van der Waals surface area contributed by atoms with Crippen LogP contribution in [0.2, 0.25) is 0 Å². The molecular formula is C20H39Cl2N3O. The van der Waals surface area contributed by atoms with Crippen LogP contribution in [0.4, 0.5) is 0 Å². The highest BCUT2D eigenvalue weighted by Gasteiger charge is 2.30. The highest BCUT2D eigenvalue weighted by Crippen LogP contribution is 2.28. The van der Waals surface area contributed by atoms with Crippen LogP contribution in [-0.4, -0.2) is 61.0 Å². The summed E-state index contributed by atoms with van der Waals surface area (Å²) in [5, 5.41) is 3.42. The van der Waals surface area contributed by atoms with E-state index < -0.39 is 0 Å². The Kier molecular flexibility index (Phi) is 10.8. The standard InChI is InChI=1S/C20H37N3O.2ClH/c1-16-3-5-19(6-4-16)22-11-13-23(14-12-22)20(24)15-17(2)18-7-9-21-10-8-18;;/h16-19,21H,3-15H2,1-2H3;2*1H. The predicted octanol–water partition coefficient (Wildman–Crippen LogP) is 3.58. The Balaban J connectivity index is 0.00000169. The lowest BCUT2D eigenvalue weighted by atomic mass is 9.84. The van der Waals surface area contributed by atoms with E-state index in [0.717, 1.165) is 63.6 Å². The van der Waals surface area contributed by atoms with Gasteiger partial charge in [0.05, 0.1) is 0 Å². The van der Waals surface area contributed by atoms with E-state index in [9.17, 15) is 4.79 Å². The molecule has 26 heavy (non-hydrogen) atoms. The van der Waals surface area contributed by atoms with E-state index in [2.05, 4.69) is 29.0 Å². The molecule has 0 aromatic carbocycles. The highest BCUT2D eigenvalue weighted by atomic mass is 35.5. The first-order valence-electron chi connectivity index (χ1n) is 10.4. The number of carbonyl (C=O) groups excluding carboxylic acids is 1. The van der Waals surface area contributed by atoms with Crippen molar-refractivity contribution < 1.29 is 4.79 Å². The minimum absolute atomic E-state index is 0. The number of hydrogen-bond acceptors (Lipinski definition) is 3. The van der Waals surface area contributed by atoms with Gasteiger partial charge in [0, 0.05) is 38.6 Å². The number of hydrogen-bond donors (Lipinski definition) is 1. The maximum Gasteiger partial charge on any atom is 0.222 e. The average Bonchev–Trinajstić information content (AvgIpc) is 2.63. The fourth-order valence-electron chi connectivity index (χ4n) is 4.93. The van der Waals surface area contributed by atoms with Crippen LogP contribution in [0.25, 0.3) is 0 Å². The number of piperazine rings is 1. The van der Waals surface area contributed by atoms with Crippen LogP contribution >= 0.6 is 24.8 Å². The molecule has 2 aliphatic heterocycles. The Bertz CT molecular complexity index is 402. The van der Waals surface area contributed by atoms with Crippen molar-refractivity contribution in [2.75, 3.05) is 39.3 Å². The zero-order valence-electron chi connectivity index (χ0n) is 16.6. The Labute approximate surface area is 172 Å². The fraction of sp³-hybridized carbons (Fsp3) is 0.950. The fourth-order valence-corrected chi connectivity index (χ4v) is 4.93. The SMILES string of the molecule is CC1CCC(N2CCN(C(=O)CC(C)C3CCNCC3)CC2)CC1.Cl.Cl. The van der Waals surface area contributed by atoms with E-state index in [1.165, 1.54) is 38.5 Å². The predicted molar refractivity (Wildman–Crippen MR) is 113 cm³/mol. The second-order valence-electron chi connectivity index (χ2n) is 8.60.